The molecule has 4 rings (SSSR count). The highest BCUT2D eigenvalue weighted by Crippen LogP contribution is 2.34. The topological polar surface area (TPSA) is 30.7 Å². The zero-order valence-corrected chi connectivity index (χ0v) is 17.1. The molecular formula is C25H26NO3+. The monoisotopic (exact) mass is 388 g/mol. The van der Waals surface area contributed by atoms with Crippen LogP contribution >= 0.6 is 0 Å². The summed E-state index contributed by atoms with van der Waals surface area (Å²) in [5.41, 5.74) is 6.17. The summed E-state index contributed by atoms with van der Waals surface area (Å²) in [7, 11) is 5.06. The summed E-state index contributed by atoms with van der Waals surface area (Å²) in [4.78, 5) is 0. The Hall–Kier alpha value is -3.27. The van der Waals surface area contributed by atoms with Gasteiger partial charge in [-0.1, -0.05) is 18.2 Å². The highest BCUT2D eigenvalue weighted by Gasteiger charge is 2.29. The van der Waals surface area contributed by atoms with E-state index in [2.05, 4.69) is 59.2 Å². The van der Waals surface area contributed by atoms with Crippen molar-refractivity contribution in [1.82, 2.24) is 0 Å². The lowest BCUT2D eigenvalue weighted by Gasteiger charge is -2.21. The van der Waals surface area contributed by atoms with Crippen molar-refractivity contribution in [3.05, 3.63) is 89.0 Å². The molecule has 0 bridgehead atoms. The Morgan fingerprint density at radius 2 is 1.48 bits per heavy atom. The second-order valence-electron chi connectivity index (χ2n) is 7.10. The number of hydrogen-bond donors (Lipinski definition) is 0. The Morgan fingerprint density at radius 3 is 2.14 bits per heavy atom. The molecule has 1 aliphatic rings. The third kappa shape index (κ3) is 3.83. The third-order valence-electron chi connectivity index (χ3n) is 5.41. The van der Waals surface area contributed by atoms with E-state index in [1.165, 1.54) is 28.0 Å². The van der Waals surface area contributed by atoms with Crippen LogP contribution in [-0.2, 0) is 13.0 Å². The van der Waals surface area contributed by atoms with Crippen LogP contribution in [-0.4, -0.2) is 38.2 Å². The molecule has 0 aliphatic carbocycles. The van der Waals surface area contributed by atoms with Crippen LogP contribution < -0.4 is 14.2 Å². The standard InChI is InChI=1S/C25H26NO3/c1-27-21-11-9-18(10-12-21)17-26-14-13-20-15-23(28-2)24(29-3)16-22(20)25(26)19-7-5-4-6-8-19/h4-12,15-16H,13-14,17H2,1-3H3/q+1. The van der Waals surface area contributed by atoms with Crippen LogP contribution in [0.15, 0.2) is 66.7 Å². The second kappa shape index (κ2) is 8.39. The number of ether oxygens (including phenoxy) is 3. The summed E-state index contributed by atoms with van der Waals surface area (Å²) >= 11 is 0. The predicted molar refractivity (Wildman–Crippen MR) is 115 cm³/mol. The van der Waals surface area contributed by atoms with Crippen LogP contribution in [0.25, 0.3) is 0 Å². The quantitative estimate of drug-likeness (QED) is 0.589. The van der Waals surface area contributed by atoms with E-state index in [1.54, 1.807) is 21.3 Å². The Morgan fingerprint density at radius 1 is 0.793 bits per heavy atom. The Bertz CT molecular complexity index is 1020. The van der Waals surface area contributed by atoms with Gasteiger partial charge in [0.15, 0.2) is 18.0 Å². The molecule has 0 spiro atoms. The smallest absolute Gasteiger partial charge is 0.215 e. The second-order valence-corrected chi connectivity index (χ2v) is 7.10. The van der Waals surface area contributed by atoms with Crippen molar-refractivity contribution >= 4 is 5.71 Å². The van der Waals surface area contributed by atoms with Gasteiger partial charge in [0, 0.05) is 17.5 Å². The molecule has 0 amide bonds. The van der Waals surface area contributed by atoms with Gasteiger partial charge in [0.05, 0.1) is 26.9 Å². The predicted octanol–water partition coefficient (Wildman–Crippen LogP) is 4.32. The average Bonchev–Trinajstić information content (AvgIpc) is 2.79. The van der Waals surface area contributed by atoms with Gasteiger partial charge in [0.25, 0.3) is 0 Å². The lowest BCUT2D eigenvalue weighted by molar-refractivity contribution is -0.544. The van der Waals surface area contributed by atoms with Gasteiger partial charge in [-0.2, -0.15) is 0 Å². The van der Waals surface area contributed by atoms with E-state index in [0.717, 1.165) is 36.8 Å². The first-order valence-electron chi connectivity index (χ1n) is 9.79. The number of benzene rings is 3. The molecule has 0 saturated carbocycles. The van der Waals surface area contributed by atoms with Crippen LogP contribution in [0.2, 0.25) is 0 Å². The Kier molecular flexibility index (Phi) is 5.52. The molecule has 0 aromatic heterocycles. The average molecular weight is 388 g/mol. The number of methoxy groups -OCH3 is 3. The highest BCUT2D eigenvalue weighted by atomic mass is 16.5. The van der Waals surface area contributed by atoms with Crippen LogP contribution in [0.4, 0.5) is 0 Å². The molecule has 0 unspecified atom stereocenters. The summed E-state index contributed by atoms with van der Waals surface area (Å²) in [5, 5.41) is 0. The molecule has 1 aliphatic heterocycles. The molecule has 4 heteroatoms. The van der Waals surface area contributed by atoms with Crippen LogP contribution in [0.5, 0.6) is 17.2 Å². The maximum absolute atomic E-state index is 5.59. The minimum absolute atomic E-state index is 0.756. The molecular weight excluding hydrogens is 362 g/mol. The van der Waals surface area contributed by atoms with Crippen molar-refractivity contribution < 1.29 is 18.8 Å². The van der Waals surface area contributed by atoms with Crippen LogP contribution in [0, 0.1) is 0 Å². The fraction of sp³-hybridized carbons (Fsp3) is 0.240. The normalized spacial score (nSPS) is 13.1. The Balaban J connectivity index is 1.84. The lowest BCUT2D eigenvalue weighted by atomic mass is 9.91. The molecule has 0 N–H and O–H groups in total. The van der Waals surface area contributed by atoms with Gasteiger partial charge >= 0.3 is 0 Å². The van der Waals surface area contributed by atoms with Gasteiger partial charge in [-0.25, -0.2) is 4.58 Å². The van der Waals surface area contributed by atoms with E-state index >= 15 is 0 Å². The minimum Gasteiger partial charge on any atom is -0.497 e. The maximum atomic E-state index is 5.59. The first kappa shape index (κ1) is 19.1. The van der Waals surface area contributed by atoms with E-state index < -0.39 is 0 Å². The lowest BCUT2D eigenvalue weighted by Crippen LogP contribution is -2.30. The molecule has 29 heavy (non-hydrogen) atoms. The zero-order chi connectivity index (χ0) is 20.2. The van der Waals surface area contributed by atoms with E-state index in [4.69, 9.17) is 14.2 Å². The fourth-order valence-corrected chi connectivity index (χ4v) is 3.93. The summed E-state index contributed by atoms with van der Waals surface area (Å²) in [6.45, 7) is 1.78. The molecule has 0 atom stereocenters. The largest absolute Gasteiger partial charge is 0.497 e. The fourth-order valence-electron chi connectivity index (χ4n) is 3.93. The van der Waals surface area contributed by atoms with Gasteiger partial charge in [-0.3, -0.25) is 0 Å². The summed E-state index contributed by atoms with van der Waals surface area (Å²) in [5.74, 6) is 2.41. The highest BCUT2D eigenvalue weighted by molar-refractivity contribution is 6.11. The van der Waals surface area contributed by atoms with Gasteiger partial charge < -0.3 is 14.2 Å². The van der Waals surface area contributed by atoms with Crippen molar-refractivity contribution in [1.29, 1.82) is 0 Å². The van der Waals surface area contributed by atoms with Crippen molar-refractivity contribution in [3.63, 3.8) is 0 Å². The van der Waals surface area contributed by atoms with Gasteiger partial charge in [0.1, 0.15) is 12.3 Å². The molecule has 0 fully saturated rings. The molecule has 0 radical (unpaired) electrons. The summed E-state index contributed by atoms with van der Waals surface area (Å²) in [6, 6.07) is 23.1. The first-order valence-corrected chi connectivity index (χ1v) is 9.79. The minimum atomic E-state index is 0.756. The molecule has 3 aromatic rings. The van der Waals surface area contributed by atoms with Crippen LogP contribution in [0.1, 0.15) is 22.3 Å². The summed E-state index contributed by atoms with van der Waals surface area (Å²) in [6.07, 6.45) is 0.960. The van der Waals surface area contributed by atoms with Crippen molar-refractivity contribution in [3.8, 4) is 17.2 Å². The number of rotatable bonds is 6. The van der Waals surface area contributed by atoms with E-state index in [1.807, 2.05) is 12.1 Å². The van der Waals surface area contributed by atoms with Crippen molar-refractivity contribution in [2.24, 2.45) is 0 Å². The molecule has 148 valence electrons. The molecule has 3 aromatic carbocycles. The van der Waals surface area contributed by atoms with Gasteiger partial charge in [-0.05, 0) is 54.1 Å². The molecule has 0 saturated heterocycles. The van der Waals surface area contributed by atoms with E-state index in [9.17, 15) is 0 Å². The SMILES string of the molecule is COc1ccc(C[N+]2=C(c3ccccc3)c3cc(OC)c(OC)cc3CC2)cc1. The van der Waals surface area contributed by atoms with E-state index in [-0.39, 0.29) is 0 Å². The summed E-state index contributed by atoms with van der Waals surface area (Å²) < 4.78 is 18.9. The van der Waals surface area contributed by atoms with Crippen LogP contribution in [0.3, 0.4) is 0 Å². The number of fused-ring (bicyclic) bond motifs is 1. The van der Waals surface area contributed by atoms with Crippen molar-refractivity contribution in [2.45, 2.75) is 13.0 Å². The molecule has 1 heterocycles. The maximum Gasteiger partial charge on any atom is 0.215 e. The third-order valence-corrected chi connectivity index (χ3v) is 5.41. The van der Waals surface area contributed by atoms with Gasteiger partial charge in [0.2, 0.25) is 5.71 Å². The molecule has 4 nitrogen and oxygen atoms in total. The zero-order valence-electron chi connectivity index (χ0n) is 17.1. The first-order chi connectivity index (χ1) is 14.2. The Labute approximate surface area is 172 Å². The van der Waals surface area contributed by atoms with Crippen molar-refractivity contribution in [2.75, 3.05) is 27.9 Å². The van der Waals surface area contributed by atoms with E-state index in [0.29, 0.717) is 0 Å². The number of nitrogens with zero attached hydrogens (tertiary/aromatic N) is 1. The van der Waals surface area contributed by atoms with Gasteiger partial charge in [-0.15, -0.1) is 0 Å². The number of hydrogen-bond acceptors (Lipinski definition) is 3.